The van der Waals surface area contributed by atoms with Crippen LogP contribution < -0.4 is 19.1 Å². The molecule has 43 heavy (non-hydrogen) atoms. The van der Waals surface area contributed by atoms with E-state index in [0.717, 1.165) is 31.0 Å². The number of amides is 1. The maximum absolute atomic E-state index is 14.2. The van der Waals surface area contributed by atoms with Crippen molar-refractivity contribution in [2.24, 2.45) is 5.92 Å². The minimum Gasteiger partial charge on any atom is -0.484 e. The van der Waals surface area contributed by atoms with Crippen LogP contribution in [-0.2, 0) is 37.3 Å². The van der Waals surface area contributed by atoms with Crippen LogP contribution in [0.25, 0.3) is 0 Å². The van der Waals surface area contributed by atoms with Crippen LogP contribution >= 0.6 is 0 Å². The van der Waals surface area contributed by atoms with Crippen LogP contribution in [-0.4, -0.2) is 78.9 Å². The van der Waals surface area contributed by atoms with Crippen LogP contribution in [0.2, 0.25) is 0 Å². The minimum atomic E-state index is -4.79. The van der Waals surface area contributed by atoms with E-state index in [0.29, 0.717) is 6.54 Å². The molecule has 0 spiro atoms. The first kappa shape index (κ1) is 32.4. The van der Waals surface area contributed by atoms with E-state index in [1.54, 1.807) is 6.92 Å². The number of rotatable bonds is 12. The maximum atomic E-state index is 14.2. The molecular weight excluding hydrogens is 597 g/mol. The van der Waals surface area contributed by atoms with Crippen molar-refractivity contribution in [1.29, 1.82) is 0 Å². The molecule has 1 aromatic carbocycles. The molecule has 1 saturated carbocycles. The Morgan fingerprint density at radius 1 is 1.26 bits per heavy atom. The Labute approximate surface area is 247 Å². The summed E-state index contributed by atoms with van der Waals surface area (Å²) in [6, 6.07) is 3.71. The fourth-order valence-corrected chi connectivity index (χ4v) is 6.24. The summed E-state index contributed by atoms with van der Waals surface area (Å²) in [6.45, 7) is 4.07. The average molecular weight is 633 g/mol. The Balaban J connectivity index is 1.74. The fraction of sp³-hybridized carbons (Fsp3) is 0.593. The number of fused-ring (bicyclic) bond motifs is 1. The smallest absolute Gasteiger partial charge is 0.427 e. The summed E-state index contributed by atoms with van der Waals surface area (Å²) in [4.78, 5) is 24.2. The molecule has 16 heteroatoms. The highest BCUT2D eigenvalue weighted by Gasteiger charge is 2.51. The second kappa shape index (κ2) is 12.2. The number of carbonyl (C=O) groups excluding carboxylic acids is 2. The van der Waals surface area contributed by atoms with E-state index < -0.39 is 46.3 Å². The van der Waals surface area contributed by atoms with Gasteiger partial charge in [0.2, 0.25) is 11.5 Å². The lowest BCUT2D eigenvalue weighted by atomic mass is 10.0. The number of nitrogens with one attached hydrogen (secondary N) is 1. The molecule has 4 rings (SSSR count). The molecule has 2 aliphatic rings. The third-order valence-corrected chi connectivity index (χ3v) is 8.90. The van der Waals surface area contributed by atoms with E-state index in [-0.39, 0.29) is 59.4 Å². The summed E-state index contributed by atoms with van der Waals surface area (Å²) in [5, 5.41) is 16.3. The Morgan fingerprint density at radius 2 is 1.95 bits per heavy atom. The summed E-state index contributed by atoms with van der Waals surface area (Å²) < 4.78 is 87.0. The highest BCUT2D eigenvalue weighted by atomic mass is 32.2. The van der Waals surface area contributed by atoms with Crippen LogP contribution in [0.4, 0.5) is 18.9 Å². The lowest BCUT2D eigenvalue weighted by Gasteiger charge is -2.39. The van der Waals surface area contributed by atoms with Gasteiger partial charge in [-0.15, -0.1) is 5.10 Å². The molecule has 12 nitrogen and oxygen atoms in total. The van der Waals surface area contributed by atoms with Gasteiger partial charge in [-0.1, -0.05) is 6.07 Å². The number of aromatic nitrogens is 2. The van der Waals surface area contributed by atoms with Crippen molar-refractivity contribution in [2.75, 3.05) is 24.1 Å². The number of anilines is 1. The molecule has 1 aliphatic carbocycles. The average Bonchev–Trinajstić information content (AvgIpc) is 3.67. The zero-order valence-electron chi connectivity index (χ0n) is 24.2. The number of benzene rings is 1. The molecule has 1 aliphatic heterocycles. The number of aliphatic hydroxyl groups excluding tert-OH is 1. The normalized spacial score (nSPS) is 18.0. The van der Waals surface area contributed by atoms with Gasteiger partial charge in [0.05, 0.1) is 31.3 Å². The van der Waals surface area contributed by atoms with E-state index >= 15 is 0 Å². The molecule has 0 saturated heterocycles. The lowest BCUT2D eigenvalue weighted by Crippen LogP contribution is -2.55. The molecule has 2 atom stereocenters. The Morgan fingerprint density at radius 3 is 2.53 bits per heavy atom. The van der Waals surface area contributed by atoms with Gasteiger partial charge in [-0.3, -0.25) is 18.6 Å². The predicted molar refractivity (Wildman–Crippen MR) is 146 cm³/mol. The van der Waals surface area contributed by atoms with E-state index in [4.69, 9.17) is 9.47 Å². The van der Waals surface area contributed by atoms with Gasteiger partial charge in [-0.25, -0.2) is 8.42 Å². The van der Waals surface area contributed by atoms with Crippen LogP contribution in [0.15, 0.2) is 29.3 Å². The molecule has 2 aromatic rings. The highest BCUT2D eigenvalue weighted by molar-refractivity contribution is 7.93. The van der Waals surface area contributed by atoms with Gasteiger partial charge in [0.1, 0.15) is 18.5 Å². The highest BCUT2D eigenvalue weighted by Crippen LogP contribution is 2.43. The lowest BCUT2D eigenvalue weighted by molar-refractivity contribution is -0.257. The number of nitrogens with zero attached hydrogens (tertiary/aromatic N) is 3. The number of sulfonamides is 1. The Bertz CT molecular complexity index is 1460. The number of alkyl halides is 3. The van der Waals surface area contributed by atoms with Crippen LogP contribution in [0, 0.1) is 5.92 Å². The van der Waals surface area contributed by atoms with E-state index in [1.165, 1.54) is 36.0 Å². The fourth-order valence-electron chi connectivity index (χ4n) is 4.68. The third kappa shape index (κ3) is 7.17. The number of ether oxygens (including phenoxy) is 3. The van der Waals surface area contributed by atoms with Crippen molar-refractivity contribution in [3.63, 3.8) is 0 Å². The monoisotopic (exact) mass is 632 g/mol. The number of hydrogen-bond donors (Lipinski definition) is 2. The number of aliphatic hydroxyl groups is 1. The van der Waals surface area contributed by atoms with Crippen molar-refractivity contribution in [1.82, 2.24) is 15.1 Å². The zero-order valence-corrected chi connectivity index (χ0v) is 25.0. The molecule has 2 heterocycles. The van der Waals surface area contributed by atoms with Crippen molar-refractivity contribution in [3.8, 4) is 11.6 Å². The number of esters is 1. The maximum Gasteiger partial charge on any atom is 0.427 e. The van der Waals surface area contributed by atoms with Gasteiger partial charge >= 0.3 is 12.1 Å². The number of halogens is 3. The molecule has 2 N–H and O–H groups in total. The molecule has 1 fully saturated rings. The molecule has 1 amide bonds. The SMILES string of the molecule is CCn1cc(S(=O)(=O)N2C[C@H]([C@H](NC(C)=O)C3CC3)Oc3ccc(CC(=O)OC(C)(C)C(F)(F)F)cc32)c(OCCO)n1. The minimum absolute atomic E-state index is 0.0337. The van der Waals surface area contributed by atoms with Crippen LogP contribution in [0.1, 0.15) is 46.1 Å². The summed E-state index contributed by atoms with van der Waals surface area (Å²) in [6.07, 6.45) is -3.22. The zero-order chi connectivity index (χ0) is 31.7. The van der Waals surface area contributed by atoms with Gasteiger partial charge in [0.25, 0.3) is 15.9 Å². The topological polar surface area (TPSA) is 149 Å². The summed E-state index contributed by atoms with van der Waals surface area (Å²) in [5.41, 5.74) is -2.51. The van der Waals surface area contributed by atoms with E-state index in [1.807, 2.05) is 0 Å². The number of hydrogen-bond acceptors (Lipinski definition) is 9. The summed E-state index contributed by atoms with van der Waals surface area (Å²) in [7, 11) is -4.43. The van der Waals surface area contributed by atoms with Crippen molar-refractivity contribution in [2.45, 2.75) is 82.3 Å². The number of carbonyl (C=O) groups is 2. The van der Waals surface area contributed by atoms with E-state index in [9.17, 15) is 36.3 Å². The first-order valence-electron chi connectivity index (χ1n) is 13.8. The third-order valence-electron chi connectivity index (χ3n) is 7.14. The largest absolute Gasteiger partial charge is 0.484 e. The first-order chi connectivity index (χ1) is 20.1. The molecule has 238 valence electrons. The second-order valence-electron chi connectivity index (χ2n) is 10.9. The van der Waals surface area contributed by atoms with Gasteiger partial charge in [-0.05, 0) is 57.2 Å². The van der Waals surface area contributed by atoms with Crippen LogP contribution in [0.3, 0.4) is 0 Å². The first-order valence-corrected chi connectivity index (χ1v) is 15.2. The van der Waals surface area contributed by atoms with Crippen LogP contribution in [0.5, 0.6) is 11.6 Å². The van der Waals surface area contributed by atoms with Crippen molar-refractivity contribution in [3.05, 3.63) is 30.0 Å². The Hall–Kier alpha value is -3.53. The number of aryl methyl sites for hydroxylation is 1. The van der Waals surface area contributed by atoms with Crippen molar-refractivity contribution >= 4 is 27.6 Å². The molecule has 0 bridgehead atoms. The quantitative estimate of drug-likeness (QED) is 0.337. The summed E-state index contributed by atoms with van der Waals surface area (Å²) >= 11 is 0. The van der Waals surface area contributed by atoms with Crippen molar-refractivity contribution < 1.29 is 50.5 Å². The molecule has 1 aromatic heterocycles. The van der Waals surface area contributed by atoms with Gasteiger partial charge in [-0.2, -0.15) is 13.2 Å². The predicted octanol–water partition coefficient (Wildman–Crippen LogP) is 2.57. The molecular formula is C27H35F3N4O8S. The second-order valence-corrected chi connectivity index (χ2v) is 12.8. The van der Waals surface area contributed by atoms with E-state index in [2.05, 4.69) is 15.2 Å². The van der Waals surface area contributed by atoms with Gasteiger partial charge in [0, 0.05) is 19.7 Å². The Kier molecular flexibility index (Phi) is 9.21. The summed E-state index contributed by atoms with van der Waals surface area (Å²) in [5.74, 6) is -1.48. The molecule has 0 unspecified atom stereocenters. The standard InChI is InChI=1S/C27H35F3N4O8S/c1-5-33-15-22(25(32-33)40-11-10-35)43(38,39)34-14-21(24(18-7-8-18)31-16(2)36)41-20-9-6-17(12-19(20)34)13-23(37)42-26(3,4)27(28,29)30/h6,9,12,15,18,21,24,35H,5,7-8,10-11,13-14H2,1-4H3,(H,31,36)/t21-,24-/m1/s1. The van der Waals surface area contributed by atoms with Gasteiger partial charge < -0.3 is 24.6 Å². The van der Waals surface area contributed by atoms with Gasteiger partial charge in [0.15, 0.2) is 4.90 Å². The molecule has 0 radical (unpaired) electrons.